The number of rotatable bonds is 2. The van der Waals surface area contributed by atoms with Crippen LogP contribution < -0.4 is 0 Å². The molecule has 35 heavy (non-hydrogen) atoms. The molecule has 0 unspecified atom stereocenters. The van der Waals surface area contributed by atoms with Gasteiger partial charge in [0.25, 0.3) is 0 Å². The second kappa shape index (κ2) is 7.04. The summed E-state index contributed by atoms with van der Waals surface area (Å²) in [6.45, 7) is 1.85. The molecule has 0 spiro atoms. The van der Waals surface area contributed by atoms with Gasteiger partial charge in [0.15, 0.2) is 11.6 Å². The van der Waals surface area contributed by atoms with Crippen molar-refractivity contribution in [3.8, 4) is 22.8 Å². The molecule has 0 atom stereocenters. The summed E-state index contributed by atoms with van der Waals surface area (Å²) < 4.78 is 2.43. The molecule has 3 aromatic heterocycles. The summed E-state index contributed by atoms with van der Waals surface area (Å²) in [6, 6.07) is 27.1. The number of aromatic nitrogens is 5. The van der Waals surface area contributed by atoms with Gasteiger partial charge in [0.1, 0.15) is 5.82 Å². The van der Waals surface area contributed by atoms with E-state index in [4.69, 9.17) is 4.98 Å². The Bertz CT molecular complexity index is 1810. The molecular weight excluding hydrogens is 438 g/mol. The average Bonchev–Trinajstić information content (AvgIpc) is 3.35. The lowest BCUT2D eigenvalue weighted by Gasteiger charge is -2.07. The highest BCUT2D eigenvalue weighted by Gasteiger charge is 2.15. The molecule has 0 saturated carbocycles. The first-order chi connectivity index (χ1) is 17.1. The smallest absolute Gasteiger partial charge is 0.163 e. The molecule has 0 aliphatic carbocycles. The van der Waals surface area contributed by atoms with Gasteiger partial charge in [-0.3, -0.25) is 0 Å². The Hall–Kier alpha value is -4.91. The fraction of sp³-hybridized carbons (Fsp3) is 0.0357. The molecule has 0 amide bonds. The van der Waals surface area contributed by atoms with Crippen LogP contribution in [0.15, 0.2) is 84.9 Å². The molecule has 7 heteroatoms. The van der Waals surface area contributed by atoms with Crippen LogP contribution in [0.1, 0.15) is 5.82 Å². The quantitative estimate of drug-likeness (QED) is 0.302. The number of hydrogen-bond donors (Lipinski definition) is 2. The Balaban J connectivity index is 1.41. The number of fused-ring (bicyclic) bond motifs is 6. The van der Waals surface area contributed by atoms with E-state index in [1.807, 2.05) is 91.9 Å². The highest BCUT2D eigenvalue weighted by molar-refractivity contribution is 6.09. The second-order valence-corrected chi connectivity index (χ2v) is 8.65. The van der Waals surface area contributed by atoms with E-state index in [9.17, 15) is 10.4 Å². The van der Waals surface area contributed by atoms with Gasteiger partial charge in [-0.25, -0.2) is 15.0 Å². The normalized spacial score (nSPS) is 11.8. The number of para-hydroxylation sites is 2. The van der Waals surface area contributed by atoms with Crippen molar-refractivity contribution < 1.29 is 10.4 Å². The minimum absolute atomic E-state index is 0.564. The maximum Gasteiger partial charge on any atom is 0.163 e. The van der Waals surface area contributed by atoms with Crippen molar-refractivity contribution in [3.63, 3.8) is 0 Å². The Morgan fingerprint density at radius 2 is 0.943 bits per heavy atom. The van der Waals surface area contributed by atoms with Crippen molar-refractivity contribution >= 4 is 43.6 Å². The zero-order chi connectivity index (χ0) is 23.7. The van der Waals surface area contributed by atoms with Gasteiger partial charge in [0, 0.05) is 32.7 Å². The predicted molar refractivity (Wildman–Crippen MR) is 136 cm³/mol. The minimum atomic E-state index is 0.564. The van der Waals surface area contributed by atoms with Crippen LogP contribution in [-0.2, 0) is 0 Å². The van der Waals surface area contributed by atoms with Crippen LogP contribution >= 0.6 is 0 Å². The fourth-order valence-corrected chi connectivity index (χ4v) is 4.92. The van der Waals surface area contributed by atoms with Gasteiger partial charge in [-0.1, -0.05) is 36.4 Å². The first kappa shape index (κ1) is 19.5. The lowest BCUT2D eigenvalue weighted by molar-refractivity contribution is 0.212. The summed E-state index contributed by atoms with van der Waals surface area (Å²) >= 11 is 0. The summed E-state index contributed by atoms with van der Waals surface area (Å²) in [6.07, 6.45) is 0. The van der Waals surface area contributed by atoms with E-state index in [1.54, 1.807) is 0 Å². The molecule has 0 bridgehead atoms. The van der Waals surface area contributed by atoms with Gasteiger partial charge < -0.3 is 10.4 Å². The van der Waals surface area contributed by atoms with Gasteiger partial charge in [-0.15, -0.1) is 0 Å². The Morgan fingerprint density at radius 3 is 1.43 bits per heavy atom. The molecular formula is C28H19N5O2. The number of benzene rings is 4. The molecule has 3 heterocycles. The summed E-state index contributed by atoms with van der Waals surface area (Å²) in [4.78, 5) is 14.0. The zero-order valence-corrected chi connectivity index (χ0v) is 18.7. The van der Waals surface area contributed by atoms with Gasteiger partial charge in [-0.2, -0.15) is 9.46 Å². The number of aryl methyl sites for hydroxylation is 1. The standard InChI is InChI=1S/C28H19N5O2/c1-16-29-27(17-10-12-25-21(14-17)19-6-2-4-8-23(19)32(25)34)31-28(30-16)18-11-13-26-22(15-18)20-7-3-5-9-24(20)33(26)35/h2-15,34-35H,1H3. The van der Waals surface area contributed by atoms with Crippen molar-refractivity contribution in [2.45, 2.75) is 6.92 Å². The van der Waals surface area contributed by atoms with Crippen LogP contribution in [0.4, 0.5) is 0 Å². The molecule has 4 aromatic carbocycles. The highest BCUT2D eigenvalue weighted by atomic mass is 16.5. The molecule has 0 aliphatic rings. The molecule has 2 N–H and O–H groups in total. The van der Waals surface area contributed by atoms with Gasteiger partial charge in [-0.05, 0) is 55.5 Å². The van der Waals surface area contributed by atoms with E-state index >= 15 is 0 Å². The van der Waals surface area contributed by atoms with E-state index in [0.29, 0.717) is 17.5 Å². The van der Waals surface area contributed by atoms with Crippen LogP contribution in [0.2, 0.25) is 0 Å². The average molecular weight is 457 g/mol. The largest absolute Gasteiger partial charge is 0.428 e. The van der Waals surface area contributed by atoms with Crippen LogP contribution in [0.3, 0.4) is 0 Å². The van der Waals surface area contributed by atoms with Crippen LogP contribution in [0, 0.1) is 6.92 Å². The maximum absolute atomic E-state index is 10.6. The number of hydrogen-bond acceptors (Lipinski definition) is 5. The van der Waals surface area contributed by atoms with Crippen LogP contribution in [-0.4, -0.2) is 34.8 Å². The topological polar surface area (TPSA) is 89.0 Å². The molecule has 168 valence electrons. The first-order valence-electron chi connectivity index (χ1n) is 11.3. The molecule has 7 nitrogen and oxygen atoms in total. The molecule has 0 aliphatic heterocycles. The van der Waals surface area contributed by atoms with Crippen molar-refractivity contribution in [1.82, 2.24) is 24.4 Å². The fourth-order valence-electron chi connectivity index (χ4n) is 4.92. The molecule has 0 radical (unpaired) electrons. The second-order valence-electron chi connectivity index (χ2n) is 8.65. The van der Waals surface area contributed by atoms with Gasteiger partial charge in [0.05, 0.1) is 22.1 Å². The van der Waals surface area contributed by atoms with E-state index in [0.717, 1.165) is 54.7 Å². The lowest BCUT2D eigenvalue weighted by atomic mass is 10.1. The highest BCUT2D eigenvalue weighted by Crippen LogP contribution is 2.33. The maximum atomic E-state index is 10.6. The minimum Gasteiger partial charge on any atom is -0.428 e. The third kappa shape index (κ3) is 2.81. The third-order valence-electron chi connectivity index (χ3n) is 6.56. The van der Waals surface area contributed by atoms with Gasteiger partial charge in [0.2, 0.25) is 0 Å². The monoisotopic (exact) mass is 457 g/mol. The third-order valence-corrected chi connectivity index (χ3v) is 6.56. The summed E-state index contributed by atoms with van der Waals surface area (Å²) in [5.41, 5.74) is 4.65. The Kier molecular flexibility index (Phi) is 3.93. The predicted octanol–water partition coefficient (Wildman–Crippen LogP) is 6.20. The van der Waals surface area contributed by atoms with E-state index in [2.05, 4.69) is 9.97 Å². The Morgan fingerprint density at radius 1 is 0.514 bits per heavy atom. The van der Waals surface area contributed by atoms with E-state index < -0.39 is 0 Å². The van der Waals surface area contributed by atoms with E-state index in [1.165, 1.54) is 9.46 Å². The summed E-state index contributed by atoms with van der Waals surface area (Å²) in [7, 11) is 0. The summed E-state index contributed by atoms with van der Waals surface area (Å²) in [5, 5.41) is 24.9. The van der Waals surface area contributed by atoms with Crippen molar-refractivity contribution in [1.29, 1.82) is 0 Å². The van der Waals surface area contributed by atoms with Crippen molar-refractivity contribution in [2.75, 3.05) is 0 Å². The zero-order valence-electron chi connectivity index (χ0n) is 18.7. The first-order valence-corrected chi connectivity index (χ1v) is 11.3. The summed E-state index contributed by atoms with van der Waals surface area (Å²) in [5.74, 6) is 1.74. The molecule has 0 saturated heterocycles. The van der Waals surface area contributed by atoms with E-state index in [-0.39, 0.29) is 0 Å². The molecule has 7 aromatic rings. The Labute approximate surface area is 199 Å². The number of nitrogens with zero attached hydrogens (tertiary/aromatic N) is 5. The molecule has 0 fully saturated rings. The van der Waals surface area contributed by atoms with Crippen molar-refractivity contribution in [3.05, 3.63) is 90.8 Å². The lowest BCUT2D eigenvalue weighted by Crippen LogP contribution is -1.99. The SMILES string of the molecule is Cc1nc(-c2ccc3c(c2)c2ccccc2n3O)nc(-c2ccc3c(c2)c2ccccc2n3O)n1. The van der Waals surface area contributed by atoms with Crippen LogP contribution in [0.5, 0.6) is 0 Å². The molecule has 7 rings (SSSR count). The van der Waals surface area contributed by atoms with Crippen LogP contribution in [0.25, 0.3) is 66.4 Å². The van der Waals surface area contributed by atoms with Gasteiger partial charge >= 0.3 is 0 Å². The van der Waals surface area contributed by atoms with Crippen molar-refractivity contribution in [2.24, 2.45) is 0 Å².